The summed E-state index contributed by atoms with van der Waals surface area (Å²) >= 11 is 5.70. The Balaban J connectivity index is 0.000000480. The summed E-state index contributed by atoms with van der Waals surface area (Å²) in [5.74, 6) is -2.76. The third-order valence-electron chi connectivity index (χ3n) is 3.86. The number of hydrogen-bond acceptors (Lipinski definition) is 2. The zero-order valence-corrected chi connectivity index (χ0v) is 16.2. The van der Waals surface area contributed by atoms with Crippen LogP contribution in [0, 0.1) is 5.41 Å². The Hall–Kier alpha value is -1.48. The number of ether oxygens (including phenoxy) is 1. The lowest BCUT2D eigenvalue weighted by Crippen LogP contribution is -2.21. The van der Waals surface area contributed by atoms with Crippen LogP contribution < -0.4 is 0 Å². The molecule has 1 aliphatic heterocycles. The lowest BCUT2D eigenvalue weighted by atomic mass is 9.88. The van der Waals surface area contributed by atoms with Crippen molar-refractivity contribution in [2.45, 2.75) is 64.6 Å². The third-order valence-corrected chi connectivity index (χ3v) is 4.09. The van der Waals surface area contributed by atoms with Crippen LogP contribution in [0.2, 0.25) is 5.02 Å². The minimum atomic E-state index is -5.08. The molecule has 0 aromatic heterocycles. The summed E-state index contributed by atoms with van der Waals surface area (Å²) in [7, 11) is 0. The number of alkyl halides is 6. The van der Waals surface area contributed by atoms with E-state index >= 15 is 0 Å². The second-order valence-corrected chi connectivity index (χ2v) is 8.06. The third kappa shape index (κ3) is 7.87. The van der Waals surface area contributed by atoms with E-state index < -0.39 is 30.0 Å². The molecule has 0 bridgehead atoms. The predicted molar refractivity (Wildman–Crippen MR) is 91.1 cm³/mol. The number of carboxylic acid groups (broad SMARTS) is 1. The predicted octanol–water partition coefficient (Wildman–Crippen LogP) is 6.65. The second-order valence-electron chi connectivity index (χ2n) is 7.62. The number of carboxylic acids is 1. The van der Waals surface area contributed by atoms with E-state index in [9.17, 15) is 26.3 Å². The monoisotopic (exact) mass is 434 g/mol. The Labute approximate surface area is 163 Å². The van der Waals surface area contributed by atoms with E-state index in [-0.39, 0.29) is 22.1 Å². The molecule has 1 aliphatic rings. The minimum Gasteiger partial charge on any atom is -0.475 e. The van der Waals surface area contributed by atoms with Crippen LogP contribution in [0.15, 0.2) is 18.2 Å². The van der Waals surface area contributed by atoms with E-state index in [1.54, 1.807) is 0 Å². The van der Waals surface area contributed by atoms with E-state index in [0.29, 0.717) is 6.42 Å². The molecule has 160 valence electrons. The molecule has 0 radical (unpaired) electrons. The Morgan fingerprint density at radius 3 is 2.11 bits per heavy atom. The van der Waals surface area contributed by atoms with Crippen molar-refractivity contribution in [3.8, 4) is 0 Å². The zero-order valence-electron chi connectivity index (χ0n) is 15.4. The molecule has 0 spiro atoms. The van der Waals surface area contributed by atoms with Crippen LogP contribution in [-0.4, -0.2) is 23.4 Å². The topological polar surface area (TPSA) is 46.5 Å². The summed E-state index contributed by atoms with van der Waals surface area (Å²) in [6, 6.07) is 3.92. The van der Waals surface area contributed by atoms with Crippen molar-refractivity contribution in [3.05, 3.63) is 34.3 Å². The van der Waals surface area contributed by atoms with Crippen LogP contribution >= 0.6 is 11.6 Å². The molecule has 1 unspecified atom stereocenters. The molecular formula is C18H21ClF6O3. The van der Waals surface area contributed by atoms with Gasteiger partial charge in [0.15, 0.2) is 0 Å². The second kappa shape index (κ2) is 8.90. The van der Waals surface area contributed by atoms with E-state index in [1.165, 1.54) is 12.1 Å². The quantitative estimate of drug-likeness (QED) is 0.530. The van der Waals surface area contributed by atoms with Gasteiger partial charge in [-0.2, -0.15) is 26.3 Å². The van der Waals surface area contributed by atoms with Crippen molar-refractivity contribution in [2.75, 3.05) is 0 Å². The molecule has 1 heterocycles. The van der Waals surface area contributed by atoms with Crippen molar-refractivity contribution in [1.29, 1.82) is 0 Å². The zero-order chi connectivity index (χ0) is 21.9. The maximum absolute atomic E-state index is 13.1. The first kappa shape index (κ1) is 24.6. The van der Waals surface area contributed by atoms with Crippen molar-refractivity contribution >= 4 is 17.6 Å². The van der Waals surface area contributed by atoms with Crippen molar-refractivity contribution in [3.63, 3.8) is 0 Å². The number of halogens is 7. The van der Waals surface area contributed by atoms with E-state index in [0.717, 1.165) is 18.9 Å². The van der Waals surface area contributed by atoms with E-state index in [2.05, 4.69) is 20.8 Å². The van der Waals surface area contributed by atoms with Gasteiger partial charge in [0.25, 0.3) is 0 Å². The Kier molecular flexibility index (Phi) is 7.81. The van der Waals surface area contributed by atoms with Crippen molar-refractivity contribution < 1.29 is 41.0 Å². The summed E-state index contributed by atoms with van der Waals surface area (Å²) in [6.45, 7) is 6.31. The highest BCUT2D eigenvalue weighted by Crippen LogP contribution is 2.43. The molecule has 1 fully saturated rings. The fourth-order valence-corrected chi connectivity index (χ4v) is 2.99. The lowest BCUT2D eigenvalue weighted by molar-refractivity contribution is -0.192. The Morgan fingerprint density at radius 1 is 1.14 bits per heavy atom. The van der Waals surface area contributed by atoms with Gasteiger partial charge in [0.05, 0.1) is 17.8 Å². The maximum atomic E-state index is 13.1. The molecule has 0 aliphatic carbocycles. The molecule has 2 atom stereocenters. The molecule has 10 heteroatoms. The summed E-state index contributed by atoms with van der Waals surface area (Å²) in [5.41, 5.74) is -0.383. The van der Waals surface area contributed by atoms with Gasteiger partial charge in [0, 0.05) is 5.02 Å². The van der Waals surface area contributed by atoms with Gasteiger partial charge in [-0.1, -0.05) is 38.4 Å². The highest BCUT2D eigenvalue weighted by molar-refractivity contribution is 6.30. The van der Waals surface area contributed by atoms with Gasteiger partial charge in [-0.25, -0.2) is 4.79 Å². The first-order valence-corrected chi connectivity index (χ1v) is 8.70. The summed E-state index contributed by atoms with van der Waals surface area (Å²) < 4.78 is 77.0. The Morgan fingerprint density at radius 2 is 1.68 bits per heavy atom. The highest BCUT2D eigenvalue weighted by atomic mass is 35.5. The average Bonchev–Trinajstić information content (AvgIpc) is 2.92. The standard InChI is InChI=1S/C16H20ClF3O.C2HF3O2/c1-15(2,3)9-11-5-7-14(21-11)12-6-4-10(17)8-13(12)16(18,19)20;3-2(4,5)1(6)7/h4,6,8,11,14H,5,7,9H2,1-3H3;(H,6,7)/t11-,14?;/m0./s1. The number of hydrogen-bond donors (Lipinski definition) is 1. The van der Waals surface area contributed by atoms with Gasteiger partial charge in [0.1, 0.15) is 0 Å². The molecule has 28 heavy (non-hydrogen) atoms. The van der Waals surface area contributed by atoms with Crippen LogP contribution in [0.3, 0.4) is 0 Å². The minimum absolute atomic E-state index is 0.0201. The van der Waals surface area contributed by atoms with Gasteiger partial charge in [-0.05, 0) is 42.4 Å². The molecule has 0 amide bonds. The first-order chi connectivity index (χ1) is 12.5. The van der Waals surface area contributed by atoms with Gasteiger partial charge in [-0.15, -0.1) is 0 Å². The van der Waals surface area contributed by atoms with Gasteiger partial charge in [0.2, 0.25) is 0 Å². The number of rotatable bonds is 2. The van der Waals surface area contributed by atoms with E-state index in [1.807, 2.05) is 0 Å². The number of benzene rings is 1. The molecular weight excluding hydrogens is 414 g/mol. The van der Waals surface area contributed by atoms with Crippen LogP contribution in [0.25, 0.3) is 0 Å². The van der Waals surface area contributed by atoms with Crippen molar-refractivity contribution in [1.82, 2.24) is 0 Å². The molecule has 0 saturated carbocycles. The van der Waals surface area contributed by atoms with Gasteiger partial charge >= 0.3 is 18.3 Å². The summed E-state index contributed by atoms with van der Waals surface area (Å²) in [6.07, 6.45) is -7.71. The molecule has 1 saturated heterocycles. The maximum Gasteiger partial charge on any atom is 0.490 e. The van der Waals surface area contributed by atoms with Crippen LogP contribution in [0.5, 0.6) is 0 Å². The molecule has 1 N–H and O–H groups in total. The lowest BCUT2D eigenvalue weighted by Gasteiger charge is -2.24. The largest absolute Gasteiger partial charge is 0.490 e. The van der Waals surface area contributed by atoms with Crippen LogP contribution in [0.4, 0.5) is 26.3 Å². The highest BCUT2D eigenvalue weighted by Gasteiger charge is 2.39. The van der Waals surface area contributed by atoms with Crippen LogP contribution in [-0.2, 0) is 15.7 Å². The average molecular weight is 435 g/mol. The van der Waals surface area contributed by atoms with Gasteiger partial charge < -0.3 is 9.84 Å². The van der Waals surface area contributed by atoms with E-state index in [4.69, 9.17) is 26.2 Å². The summed E-state index contributed by atoms with van der Waals surface area (Å²) in [5, 5.41) is 7.22. The molecule has 1 aromatic rings. The molecule has 1 aromatic carbocycles. The molecule has 3 nitrogen and oxygen atoms in total. The summed E-state index contributed by atoms with van der Waals surface area (Å²) in [4.78, 5) is 8.90. The van der Waals surface area contributed by atoms with Crippen molar-refractivity contribution in [2.24, 2.45) is 5.41 Å². The fourth-order valence-electron chi connectivity index (χ4n) is 2.82. The van der Waals surface area contributed by atoms with Gasteiger partial charge in [-0.3, -0.25) is 0 Å². The SMILES string of the molecule is CC(C)(C)C[C@@H]1CCC(c2ccc(Cl)cc2C(F)(F)F)O1.O=C(O)C(F)(F)F. The number of aliphatic carboxylic acids is 1. The Bertz CT molecular complexity index is 679. The fraction of sp³-hybridized carbons (Fsp3) is 0.611. The molecule has 2 rings (SSSR count). The number of carbonyl (C=O) groups is 1. The normalized spacial score (nSPS) is 20.5. The first-order valence-electron chi connectivity index (χ1n) is 8.33. The smallest absolute Gasteiger partial charge is 0.475 e. The van der Waals surface area contributed by atoms with Crippen LogP contribution in [0.1, 0.15) is 57.3 Å².